The van der Waals surface area contributed by atoms with Gasteiger partial charge in [0.05, 0.1) is 6.04 Å². The molecule has 5 rings (SSSR count). The molecule has 1 aromatic carbocycles. The van der Waals surface area contributed by atoms with Crippen LogP contribution in [0, 0.1) is 6.92 Å². The quantitative estimate of drug-likeness (QED) is 0.766. The molecule has 1 aliphatic carbocycles. The van der Waals surface area contributed by atoms with Crippen molar-refractivity contribution in [1.82, 2.24) is 10.1 Å². The van der Waals surface area contributed by atoms with Gasteiger partial charge in [-0.1, -0.05) is 18.0 Å². The maximum absolute atomic E-state index is 13.2. The van der Waals surface area contributed by atoms with Crippen LogP contribution in [0.25, 0.3) is 0 Å². The summed E-state index contributed by atoms with van der Waals surface area (Å²) >= 11 is 0. The number of rotatable bonds is 1. The van der Waals surface area contributed by atoms with Crippen molar-refractivity contribution in [3.8, 4) is 11.5 Å². The molecular formula is C21H24N2O4. The first-order valence-corrected chi connectivity index (χ1v) is 9.76. The molecule has 1 amide bonds. The van der Waals surface area contributed by atoms with E-state index >= 15 is 0 Å². The Morgan fingerprint density at radius 1 is 1.15 bits per heavy atom. The highest BCUT2D eigenvalue weighted by molar-refractivity contribution is 5.93. The fourth-order valence-corrected chi connectivity index (χ4v) is 4.97. The van der Waals surface area contributed by atoms with Crippen LogP contribution >= 0.6 is 0 Å². The van der Waals surface area contributed by atoms with Crippen LogP contribution in [0.5, 0.6) is 11.5 Å². The Kier molecular flexibility index (Phi) is 3.71. The minimum absolute atomic E-state index is 0.00782. The first-order valence-electron chi connectivity index (χ1n) is 9.76. The lowest BCUT2D eigenvalue weighted by atomic mass is 9.71. The van der Waals surface area contributed by atoms with Gasteiger partial charge in [-0.2, -0.15) is 0 Å². The Balaban J connectivity index is 1.61. The molecule has 0 N–H and O–H groups in total. The molecule has 2 aromatic rings. The molecular weight excluding hydrogens is 344 g/mol. The predicted molar refractivity (Wildman–Crippen MR) is 98.3 cm³/mol. The molecule has 27 heavy (non-hydrogen) atoms. The van der Waals surface area contributed by atoms with Crippen LogP contribution in [-0.4, -0.2) is 35.7 Å². The van der Waals surface area contributed by atoms with Crippen molar-refractivity contribution in [3.63, 3.8) is 0 Å². The van der Waals surface area contributed by atoms with Crippen molar-refractivity contribution in [2.24, 2.45) is 0 Å². The van der Waals surface area contributed by atoms with Crippen LogP contribution in [0.1, 0.15) is 66.0 Å². The number of aromatic nitrogens is 1. The second-order valence-electron chi connectivity index (χ2n) is 8.00. The highest BCUT2D eigenvalue weighted by atomic mass is 16.6. The van der Waals surface area contributed by atoms with Gasteiger partial charge < -0.3 is 18.9 Å². The predicted octanol–water partition coefficient (Wildman–Crippen LogP) is 3.78. The summed E-state index contributed by atoms with van der Waals surface area (Å²) in [4.78, 5) is 15.2. The van der Waals surface area contributed by atoms with Gasteiger partial charge in [0.25, 0.3) is 5.91 Å². The highest BCUT2D eigenvalue weighted by Gasteiger charge is 2.46. The lowest BCUT2D eigenvalue weighted by Gasteiger charge is -2.46. The summed E-state index contributed by atoms with van der Waals surface area (Å²) in [6.45, 7) is 5.75. The SMILES string of the molecule is Cc1cc(C(=O)N2CC3(CCCC3)c3cc4c(cc3C2C)OCCO4)no1. The number of aryl methyl sites for hydroxylation is 1. The molecule has 2 aliphatic heterocycles. The zero-order valence-corrected chi connectivity index (χ0v) is 15.8. The number of carbonyl (C=O) groups excluding carboxylic acids is 1. The van der Waals surface area contributed by atoms with Gasteiger partial charge in [-0.3, -0.25) is 4.79 Å². The molecule has 0 radical (unpaired) electrons. The lowest BCUT2D eigenvalue weighted by molar-refractivity contribution is 0.0582. The number of nitrogens with zero attached hydrogens (tertiary/aromatic N) is 2. The molecule has 0 bridgehead atoms. The Labute approximate surface area is 158 Å². The first-order chi connectivity index (χ1) is 13.1. The normalized spacial score (nSPS) is 22.7. The van der Waals surface area contributed by atoms with E-state index in [-0.39, 0.29) is 17.4 Å². The number of fused-ring (bicyclic) bond motifs is 3. The van der Waals surface area contributed by atoms with Gasteiger partial charge in [0, 0.05) is 18.0 Å². The number of benzene rings is 1. The van der Waals surface area contributed by atoms with E-state index in [1.54, 1.807) is 13.0 Å². The zero-order chi connectivity index (χ0) is 18.6. The molecule has 1 spiro atoms. The summed E-state index contributed by atoms with van der Waals surface area (Å²) in [5.41, 5.74) is 2.87. The minimum Gasteiger partial charge on any atom is -0.486 e. The third-order valence-corrected chi connectivity index (χ3v) is 6.34. The summed E-state index contributed by atoms with van der Waals surface area (Å²) in [5.74, 6) is 2.21. The van der Waals surface area contributed by atoms with Crippen LogP contribution in [-0.2, 0) is 5.41 Å². The lowest BCUT2D eigenvalue weighted by Crippen LogP contribution is -2.48. The molecule has 142 valence electrons. The molecule has 1 atom stereocenters. The summed E-state index contributed by atoms with van der Waals surface area (Å²) in [5, 5.41) is 3.96. The highest BCUT2D eigenvalue weighted by Crippen LogP contribution is 2.52. The number of hydrogen-bond acceptors (Lipinski definition) is 5. The van der Waals surface area contributed by atoms with E-state index in [2.05, 4.69) is 24.2 Å². The molecule has 3 aliphatic rings. The monoisotopic (exact) mass is 368 g/mol. The molecule has 1 saturated carbocycles. The maximum Gasteiger partial charge on any atom is 0.276 e. The third-order valence-electron chi connectivity index (χ3n) is 6.34. The number of hydrogen-bond donors (Lipinski definition) is 0. The molecule has 1 aromatic heterocycles. The van der Waals surface area contributed by atoms with Gasteiger partial charge in [0.2, 0.25) is 0 Å². The standard InChI is InChI=1S/C21H24N2O4/c1-13-9-17(22-27-13)20(24)23-12-21(5-3-4-6-21)16-11-19-18(25-7-8-26-19)10-15(16)14(23)2/h9-11,14H,3-8,12H2,1-2H3. The Bertz CT molecular complexity index is 898. The summed E-state index contributed by atoms with van der Waals surface area (Å²) in [7, 11) is 0. The van der Waals surface area contributed by atoms with E-state index in [4.69, 9.17) is 14.0 Å². The Morgan fingerprint density at radius 3 is 2.52 bits per heavy atom. The number of amides is 1. The van der Waals surface area contributed by atoms with Gasteiger partial charge in [0.15, 0.2) is 17.2 Å². The van der Waals surface area contributed by atoms with Crippen LogP contribution in [0.3, 0.4) is 0 Å². The molecule has 1 fully saturated rings. The van der Waals surface area contributed by atoms with Crippen LogP contribution in [0.4, 0.5) is 0 Å². The van der Waals surface area contributed by atoms with Crippen molar-refractivity contribution in [2.75, 3.05) is 19.8 Å². The van der Waals surface area contributed by atoms with Crippen LogP contribution in [0.2, 0.25) is 0 Å². The van der Waals surface area contributed by atoms with E-state index in [1.165, 1.54) is 24.0 Å². The largest absolute Gasteiger partial charge is 0.486 e. The van der Waals surface area contributed by atoms with Crippen molar-refractivity contribution in [1.29, 1.82) is 0 Å². The van der Waals surface area contributed by atoms with Gasteiger partial charge >= 0.3 is 0 Å². The average molecular weight is 368 g/mol. The Morgan fingerprint density at radius 2 is 1.85 bits per heavy atom. The van der Waals surface area contributed by atoms with Crippen molar-refractivity contribution in [2.45, 2.75) is 51.0 Å². The van der Waals surface area contributed by atoms with Gasteiger partial charge in [0.1, 0.15) is 19.0 Å². The number of carbonyl (C=O) groups is 1. The first kappa shape index (κ1) is 16.7. The van der Waals surface area contributed by atoms with Crippen molar-refractivity contribution in [3.05, 3.63) is 40.8 Å². The summed E-state index contributed by atoms with van der Waals surface area (Å²) in [6.07, 6.45) is 4.56. The van der Waals surface area contributed by atoms with E-state index < -0.39 is 0 Å². The van der Waals surface area contributed by atoms with E-state index in [1.807, 2.05) is 4.90 Å². The molecule has 6 heteroatoms. The van der Waals surface area contributed by atoms with Gasteiger partial charge in [-0.05, 0) is 49.9 Å². The second-order valence-corrected chi connectivity index (χ2v) is 8.00. The van der Waals surface area contributed by atoms with Crippen molar-refractivity contribution < 1.29 is 18.8 Å². The molecule has 6 nitrogen and oxygen atoms in total. The van der Waals surface area contributed by atoms with E-state index in [0.717, 1.165) is 24.3 Å². The summed E-state index contributed by atoms with van der Waals surface area (Å²) < 4.78 is 16.8. The van der Waals surface area contributed by atoms with Crippen LogP contribution in [0.15, 0.2) is 22.7 Å². The Hall–Kier alpha value is -2.50. The minimum atomic E-state index is -0.0637. The second kappa shape index (κ2) is 6.01. The van der Waals surface area contributed by atoms with E-state index in [0.29, 0.717) is 31.2 Å². The zero-order valence-electron chi connectivity index (χ0n) is 15.8. The fourth-order valence-electron chi connectivity index (χ4n) is 4.97. The fraction of sp³-hybridized carbons (Fsp3) is 0.524. The smallest absolute Gasteiger partial charge is 0.276 e. The molecule has 0 saturated heterocycles. The topological polar surface area (TPSA) is 64.8 Å². The third kappa shape index (κ3) is 2.53. The van der Waals surface area contributed by atoms with Gasteiger partial charge in [-0.25, -0.2) is 0 Å². The van der Waals surface area contributed by atoms with E-state index in [9.17, 15) is 4.79 Å². The van der Waals surface area contributed by atoms with Crippen LogP contribution < -0.4 is 9.47 Å². The molecule has 3 heterocycles. The van der Waals surface area contributed by atoms with Crippen molar-refractivity contribution >= 4 is 5.91 Å². The molecule has 1 unspecified atom stereocenters. The maximum atomic E-state index is 13.2. The summed E-state index contributed by atoms with van der Waals surface area (Å²) in [6, 6.07) is 5.93. The average Bonchev–Trinajstić information content (AvgIpc) is 3.33. The van der Waals surface area contributed by atoms with Gasteiger partial charge in [-0.15, -0.1) is 0 Å². The number of ether oxygens (including phenoxy) is 2.